The third-order valence-electron chi connectivity index (χ3n) is 5.15. The number of anilines is 1. The number of nitro groups is 1. The Morgan fingerprint density at radius 1 is 0.909 bits per heavy atom. The molecule has 3 aromatic rings. The Labute approximate surface area is 190 Å². The Bertz CT molecular complexity index is 1150. The van der Waals surface area contributed by atoms with Crippen molar-refractivity contribution in [3.05, 3.63) is 87.5 Å². The molecule has 9 nitrogen and oxygen atoms in total. The SMILES string of the molecule is COc1ccc(OC)c(CN(Cc2ccc([N+](=O)[O-])cc2)c2ccc(OC)c(C(=O)O)c2)c1. The summed E-state index contributed by atoms with van der Waals surface area (Å²) in [6.45, 7) is 0.729. The summed E-state index contributed by atoms with van der Waals surface area (Å²) in [5, 5.41) is 20.6. The zero-order valence-corrected chi connectivity index (χ0v) is 18.5. The number of carboxylic acid groups (broad SMARTS) is 1. The standard InChI is InChI=1S/C24H24N2O7/c1-31-20-9-11-22(32-2)17(12-20)15-25(14-16-4-6-18(7-5-16)26(29)30)19-8-10-23(33-3)21(13-19)24(27)28/h4-13H,14-15H2,1-3H3,(H,27,28). The number of hydrogen-bond donors (Lipinski definition) is 1. The number of carbonyl (C=O) groups is 1. The number of methoxy groups -OCH3 is 3. The molecule has 3 aromatic carbocycles. The van der Waals surface area contributed by atoms with Crippen LogP contribution in [0.15, 0.2) is 60.7 Å². The monoisotopic (exact) mass is 452 g/mol. The van der Waals surface area contributed by atoms with Crippen LogP contribution >= 0.6 is 0 Å². The van der Waals surface area contributed by atoms with Gasteiger partial charge >= 0.3 is 5.97 Å². The van der Waals surface area contributed by atoms with Crippen molar-refractivity contribution in [3.8, 4) is 17.2 Å². The molecule has 0 fully saturated rings. The van der Waals surface area contributed by atoms with Crippen molar-refractivity contribution >= 4 is 17.3 Å². The third-order valence-corrected chi connectivity index (χ3v) is 5.15. The van der Waals surface area contributed by atoms with Gasteiger partial charge in [0.25, 0.3) is 5.69 Å². The number of nitrogens with zero attached hydrogens (tertiary/aromatic N) is 2. The number of benzene rings is 3. The van der Waals surface area contributed by atoms with E-state index in [1.807, 2.05) is 11.0 Å². The first-order chi connectivity index (χ1) is 15.9. The predicted molar refractivity (Wildman–Crippen MR) is 122 cm³/mol. The van der Waals surface area contributed by atoms with Crippen LogP contribution in [-0.2, 0) is 13.1 Å². The molecule has 0 spiro atoms. The van der Waals surface area contributed by atoms with Crippen molar-refractivity contribution in [3.63, 3.8) is 0 Å². The summed E-state index contributed by atoms with van der Waals surface area (Å²) in [6, 6.07) is 16.6. The number of non-ortho nitro benzene ring substituents is 1. The van der Waals surface area contributed by atoms with Crippen LogP contribution in [0.2, 0.25) is 0 Å². The van der Waals surface area contributed by atoms with Gasteiger partial charge in [-0.25, -0.2) is 4.79 Å². The lowest BCUT2D eigenvalue weighted by atomic mass is 10.1. The highest BCUT2D eigenvalue weighted by molar-refractivity contribution is 5.92. The quantitative estimate of drug-likeness (QED) is 0.353. The molecule has 0 atom stereocenters. The summed E-state index contributed by atoms with van der Waals surface area (Å²) in [6.07, 6.45) is 0. The molecular formula is C24H24N2O7. The molecule has 0 saturated heterocycles. The van der Waals surface area contributed by atoms with E-state index in [1.54, 1.807) is 56.7 Å². The highest BCUT2D eigenvalue weighted by Crippen LogP contribution is 2.31. The van der Waals surface area contributed by atoms with Gasteiger partial charge in [0, 0.05) is 36.5 Å². The average Bonchev–Trinajstić information content (AvgIpc) is 2.83. The van der Waals surface area contributed by atoms with Gasteiger partial charge in [-0.2, -0.15) is 0 Å². The number of aromatic carboxylic acids is 1. The van der Waals surface area contributed by atoms with Gasteiger partial charge < -0.3 is 24.2 Å². The van der Waals surface area contributed by atoms with Gasteiger partial charge in [-0.3, -0.25) is 10.1 Å². The van der Waals surface area contributed by atoms with Crippen LogP contribution in [-0.4, -0.2) is 37.3 Å². The van der Waals surface area contributed by atoms with E-state index in [9.17, 15) is 20.0 Å². The minimum Gasteiger partial charge on any atom is -0.497 e. The van der Waals surface area contributed by atoms with E-state index in [2.05, 4.69) is 0 Å². The zero-order chi connectivity index (χ0) is 24.0. The van der Waals surface area contributed by atoms with Gasteiger partial charge in [-0.1, -0.05) is 12.1 Å². The molecule has 1 N–H and O–H groups in total. The summed E-state index contributed by atoms with van der Waals surface area (Å²) >= 11 is 0. The fraction of sp³-hybridized carbons (Fsp3) is 0.208. The highest BCUT2D eigenvalue weighted by atomic mass is 16.6. The Morgan fingerprint density at radius 3 is 2.15 bits per heavy atom. The van der Waals surface area contributed by atoms with Crippen molar-refractivity contribution in [2.45, 2.75) is 13.1 Å². The van der Waals surface area contributed by atoms with E-state index < -0.39 is 10.9 Å². The molecule has 0 amide bonds. The highest BCUT2D eigenvalue weighted by Gasteiger charge is 2.18. The maximum absolute atomic E-state index is 11.8. The molecule has 0 aliphatic carbocycles. The molecule has 0 unspecified atom stereocenters. The minimum atomic E-state index is -1.11. The molecular weight excluding hydrogens is 428 g/mol. The van der Waals surface area contributed by atoms with E-state index in [-0.39, 0.29) is 17.0 Å². The maximum atomic E-state index is 11.8. The van der Waals surface area contributed by atoms with E-state index in [0.717, 1.165) is 11.1 Å². The summed E-state index contributed by atoms with van der Waals surface area (Å²) in [4.78, 5) is 24.2. The second-order valence-corrected chi connectivity index (χ2v) is 7.15. The lowest BCUT2D eigenvalue weighted by molar-refractivity contribution is -0.384. The summed E-state index contributed by atoms with van der Waals surface area (Å²) < 4.78 is 16.0. The van der Waals surface area contributed by atoms with Crippen molar-refractivity contribution in [1.29, 1.82) is 0 Å². The van der Waals surface area contributed by atoms with Gasteiger partial charge in [-0.05, 0) is 42.0 Å². The number of ether oxygens (including phenoxy) is 3. The molecule has 172 valence electrons. The van der Waals surface area contributed by atoms with Crippen LogP contribution in [0.25, 0.3) is 0 Å². The van der Waals surface area contributed by atoms with Gasteiger partial charge in [0.15, 0.2) is 0 Å². The fourth-order valence-electron chi connectivity index (χ4n) is 3.45. The Kier molecular flexibility index (Phi) is 7.34. The second-order valence-electron chi connectivity index (χ2n) is 7.15. The molecule has 0 bridgehead atoms. The van der Waals surface area contributed by atoms with Crippen molar-refractivity contribution in [1.82, 2.24) is 0 Å². The van der Waals surface area contributed by atoms with E-state index >= 15 is 0 Å². The molecule has 33 heavy (non-hydrogen) atoms. The second kappa shape index (κ2) is 10.4. The smallest absolute Gasteiger partial charge is 0.339 e. The zero-order valence-electron chi connectivity index (χ0n) is 18.5. The first-order valence-corrected chi connectivity index (χ1v) is 9.96. The maximum Gasteiger partial charge on any atom is 0.339 e. The average molecular weight is 452 g/mol. The molecule has 0 saturated carbocycles. The minimum absolute atomic E-state index is 0.00243. The lowest BCUT2D eigenvalue weighted by Gasteiger charge is -2.27. The molecule has 0 aromatic heterocycles. The number of rotatable bonds is 10. The topological polar surface area (TPSA) is 111 Å². The van der Waals surface area contributed by atoms with E-state index in [1.165, 1.54) is 19.2 Å². The molecule has 0 heterocycles. The van der Waals surface area contributed by atoms with Gasteiger partial charge in [0.1, 0.15) is 22.8 Å². The molecule has 9 heteroatoms. The van der Waals surface area contributed by atoms with Crippen molar-refractivity contribution in [2.75, 3.05) is 26.2 Å². The van der Waals surface area contributed by atoms with Gasteiger partial charge in [0.2, 0.25) is 0 Å². The number of hydrogen-bond acceptors (Lipinski definition) is 7. The molecule has 0 aliphatic rings. The number of nitro benzene ring substituents is 1. The summed E-state index contributed by atoms with van der Waals surface area (Å²) in [5.41, 5.74) is 2.30. The molecule has 3 rings (SSSR count). The fourth-order valence-corrected chi connectivity index (χ4v) is 3.45. The van der Waals surface area contributed by atoms with Crippen LogP contribution in [0, 0.1) is 10.1 Å². The molecule has 0 radical (unpaired) electrons. The van der Waals surface area contributed by atoms with Crippen LogP contribution in [0.4, 0.5) is 11.4 Å². The van der Waals surface area contributed by atoms with Gasteiger partial charge in [0.05, 0.1) is 26.3 Å². The van der Waals surface area contributed by atoms with Crippen molar-refractivity contribution in [2.24, 2.45) is 0 Å². The normalized spacial score (nSPS) is 10.4. The molecule has 0 aliphatic heterocycles. The van der Waals surface area contributed by atoms with Crippen LogP contribution in [0.3, 0.4) is 0 Å². The van der Waals surface area contributed by atoms with E-state index in [0.29, 0.717) is 30.3 Å². The van der Waals surface area contributed by atoms with Crippen LogP contribution < -0.4 is 19.1 Å². The Hall–Kier alpha value is -4.27. The first kappa shape index (κ1) is 23.4. The van der Waals surface area contributed by atoms with Crippen LogP contribution in [0.5, 0.6) is 17.2 Å². The third kappa shape index (κ3) is 5.51. The van der Waals surface area contributed by atoms with E-state index in [4.69, 9.17) is 14.2 Å². The first-order valence-electron chi connectivity index (χ1n) is 9.96. The Balaban J connectivity index is 2.04. The largest absolute Gasteiger partial charge is 0.497 e. The Morgan fingerprint density at radius 2 is 1.58 bits per heavy atom. The summed E-state index contributed by atoms with van der Waals surface area (Å²) in [7, 11) is 4.56. The van der Waals surface area contributed by atoms with Crippen molar-refractivity contribution < 1.29 is 29.0 Å². The number of carboxylic acids is 1. The lowest BCUT2D eigenvalue weighted by Crippen LogP contribution is -2.23. The predicted octanol–water partition coefficient (Wildman–Crippen LogP) is 4.53. The van der Waals surface area contributed by atoms with Crippen LogP contribution in [0.1, 0.15) is 21.5 Å². The summed E-state index contributed by atoms with van der Waals surface area (Å²) in [5.74, 6) is 0.446. The van der Waals surface area contributed by atoms with Gasteiger partial charge in [-0.15, -0.1) is 0 Å².